The molecule has 0 atom stereocenters. The molecule has 0 spiro atoms. The predicted octanol–water partition coefficient (Wildman–Crippen LogP) is 2.02. The van der Waals surface area contributed by atoms with Gasteiger partial charge in [-0.25, -0.2) is 4.79 Å². The van der Waals surface area contributed by atoms with Crippen molar-refractivity contribution in [3.8, 4) is 11.5 Å². The lowest BCUT2D eigenvalue weighted by molar-refractivity contribution is -0.116. The molecule has 134 valence electrons. The SMILES string of the molecule is COC(=O)N1CCC(CNC(=O)/C=C/c2ccc3c(c2)OCO3)CC1. The number of rotatable bonds is 4. The Bertz CT molecular complexity index is 665. The molecular weight excluding hydrogens is 324 g/mol. The molecule has 0 radical (unpaired) electrons. The highest BCUT2D eigenvalue weighted by Gasteiger charge is 2.23. The molecule has 0 bridgehead atoms. The van der Waals surface area contributed by atoms with Gasteiger partial charge in [0.05, 0.1) is 7.11 Å². The number of benzene rings is 1. The van der Waals surface area contributed by atoms with Crippen molar-refractivity contribution in [2.75, 3.05) is 33.5 Å². The van der Waals surface area contributed by atoms with Crippen molar-refractivity contribution in [1.82, 2.24) is 10.2 Å². The minimum absolute atomic E-state index is 0.131. The standard InChI is InChI=1S/C18H22N2O5/c1-23-18(22)20-8-6-14(7-9-20)11-19-17(21)5-3-13-2-4-15-16(10-13)25-12-24-15/h2-5,10,14H,6-9,11-12H2,1H3,(H,19,21)/b5-3+. The van der Waals surface area contributed by atoms with Gasteiger partial charge in [-0.1, -0.05) is 6.07 Å². The van der Waals surface area contributed by atoms with Crippen LogP contribution in [0.15, 0.2) is 24.3 Å². The van der Waals surface area contributed by atoms with E-state index >= 15 is 0 Å². The molecule has 7 heteroatoms. The summed E-state index contributed by atoms with van der Waals surface area (Å²) in [7, 11) is 1.39. The van der Waals surface area contributed by atoms with Crippen LogP contribution in [0.3, 0.4) is 0 Å². The number of amides is 2. The van der Waals surface area contributed by atoms with Crippen LogP contribution in [0.25, 0.3) is 6.08 Å². The Morgan fingerprint density at radius 1 is 1.28 bits per heavy atom. The van der Waals surface area contributed by atoms with Gasteiger partial charge >= 0.3 is 6.09 Å². The monoisotopic (exact) mass is 346 g/mol. The fourth-order valence-electron chi connectivity index (χ4n) is 2.94. The number of ether oxygens (including phenoxy) is 3. The van der Waals surface area contributed by atoms with Gasteiger partial charge in [0.1, 0.15) is 0 Å². The number of fused-ring (bicyclic) bond motifs is 1. The van der Waals surface area contributed by atoms with E-state index in [1.165, 1.54) is 13.2 Å². The normalized spacial score (nSPS) is 16.9. The molecule has 1 saturated heterocycles. The number of carbonyl (C=O) groups is 2. The van der Waals surface area contributed by atoms with Gasteiger partial charge in [-0.15, -0.1) is 0 Å². The summed E-state index contributed by atoms with van der Waals surface area (Å²) in [5.74, 6) is 1.66. The van der Waals surface area contributed by atoms with Crippen molar-refractivity contribution in [2.24, 2.45) is 5.92 Å². The summed E-state index contributed by atoms with van der Waals surface area (Å²) in [6.07, 6.45) is 4.70. The third kappa shape index (κ3) is 4.43. The van der Waals surface area contributed by atoms with Gasteiger partial charge in [-0.3, -0.25) is 4.79 Å². The maximum atomic E-state index is 12.0. The molecule has 2 aliphatic heterocycles. The fourth-order valence-corrected chi connectivity index (χ4v) is 2.94. The molecule has 0 saturated carbocycles. The third-order valence-corrected chi connectivity index (χ3v) is 4.44. The molecule has 25 heavy (non-hydrogen) atoms. The first-order valence-corrected chi connectivity index (χ1v) is 8.34. The summed E-state index contributed by atoms with van der Waals surface area (Å²) >= 11 is 0. The largest absolute Gasteiger partial charge is 0.454 e. The minimum Gasteiger partial charge on any atom is -0.454 e. The van der Waals surface area contributed by atoms with Crippen LogP contribution < -0.4 is 14.8 Å². The van der Waals surface area contributed by atoms with Gasteiger partial charge < -0.3 is 24.4 Å². The molecule has 0 aromatic heterocycles. The zero-order valence-corrected chi connectivity index (χ0v) is 14.2. The van der Waals surface area contributed by atoms with Crippen molar-refractivity contribution >= 4 is 18.1 Å². The summed E-state index contributed by atoms with van der Waals surface area (Å²) in [4.78, 5) is 25.1. The van der Waals surface area contributed by atoms with Crippen molar-refractivity contribution in [1.29, 1.82) is 0 Å². The topological polar surface area (TPSA) is 77.1 Å². The quantitative estimate of drug-likeness (QED) is 0.844. The second-order valence-corrected chi connectivity index (χ2v) is 6.09. The highest BCUT2D eigenvalue weighted by atomic mass is 16.7. The Morgan fingerprint density at radius 2 is 2.04 bits per heavy atom. The Morgan fingerprint density at radius 3 is 2.80 bits per heavy atom. The number of methoxy groups -OCH3 is 1. The summed E-state index contributed by atoms with van der Waals surface area (Å²) in [5.41, 5.74) is 0.880. The van der Waals surface area contributed by atoms with Crippen LogP contribution in [-0.4, -0.2) is 50.4 Å². The highest BCUT2D eigenvalue weighted by molar-refractivity contribution is 5.91. The number of piperidine rings is 1. The van der Waals surface area contributed by atoms with Gasteiger partial charge in [0.25, 0.3) is 0 Å². The third-order valence-electron chi connectivity index (χ3n) is 4.44. The molecule has 2 aliphatic rings. The average Bonchev–Trinajstić information content (AvgIpc) is 3.12. The van der Waals surface area contributed by atoms with Crippen LogP contribution in [0.4, 0.5) is 4.79 Å². The first-order valence-electron chi connectivity index (χ1n) is 8.34. The molecule has 1 aromatic carbocycles. The molecule has 0 aliphatic carbocycles. The van der Waals surface area contributed by atoms with E-state index in [-0.39, 0.29) is 18.8 Å². The van der Waals surface area contributed by atoms with Crippen LogP contribution in [0.1, 0.15) is 18.4 Å². The number of nitrogens with zero attached hydrogens (tertiary/aromatic N) is 1. The van der Waals surface area contributed by atoms with E-state index < -0.39 is 0 Å². The molecule has 7 nitrogen and oxygen atoms in total. The smallest absolute Gasteiger partial charge is 0.409 e. The number of carbonyl (C=O) groups excluding carboxylic acids is 2. The van der Waals surface area contributed by atoms with Gasteiger partial charge in [0.2, 0.25) is 12.7 Å². The van der Waals surface area contributed by atoms with Crippen molar-refractivity contribution < 1.29 is 23.8 Å². The lowest BCUT2D eigenvalue weighted by atomic mass is 9.97. The van der Waals surface area contributed by atoms with Crippen LogP contribution in [0.5, 0.6) is 11.5 Å². The lowest BCUT2D eigenvalue weighted by Crippen LogP contribution is -2.41. The molecule has 2 heterocycles. The summed E-state index contributed by atoms with van der Waals surface area (Å²) in [6.45, 7) is 2.18. The summed E-state index contributed by atoms with van der Waals surface area (Å²) in [5, 5.41) is 2.92. The predicted molar refractivity (Wildman–Crippen MR) is 91.3 cm³/mol. The molecule has 2 amide bonds. The van der Waals surface area contributed by atoms with Gasteiger partial charge in [0.15, 0.2) is 11.5 Å². The second kappa shape index (κ2) is 7.92. The zero-order valence-electron chi connectivity index (χ0n) is 14.2. The van der Waals surface area contributed by atoms with Crippen LogP contribution in [0, 0.1) is 5.92 Å². The number of hydrogen-bond donors (Lipinski definition) is 1. The van der Waals surface area contributed by atoms with E-state index in [1.54, 1.807) is 11.0 Å². The van der Waals surface area contributed by atoms with Crippen LogP contribution >= 0.6 is 0 Å². The van der Waals surface area contributed by atoms with E-state index in [9.17, 15) is 9.59 Å². The summed E-state index contributed by atoms with van der Waals surface area (Å²) < 4.78 is 15.3. The summed E-state index contributed by atoms with van der Waals surface area (Å²) in [6, 6.07) is 5.55. The van der Waals surface area contributed by atoms with Crippen molar-refractivity contribution in [2.45, 2.75) is 12.8 Å². The minimum atomic E-state index is -0.283. The molecule has 3 rings (SSSR count). The molecule has 1 fully saturated rings. The van der Waals surface area contributed by atoms with Crippen LogP contribution in [-0.2, 0) is 9.53 Å². The van der Waals surface area contributed by atoms with E-state index in [0.717, 1.165) is 24.2 Å². The van der Waals surface area contributed by atoms with Gasteiger partial charge in [-0.2, -0.15) is 0 Å². The Labute approximate surface area is 146 Å². The number of likely N-dealkylation sites (tertiary alicyclic amines) is 1. The molecular formula is C18H22N2O5. The molecule has 1 aromatic rings. The molecule has 1 N–H and O–H groups in total. The Hall–Kier alpha value is -2.70. The Kier molecular flexibility index (Phi) is 5.42. The van der Waals surface area contributed by atoms with Gasteiger partial charge in [-0.05, 0) is 42.5 Å². The van der Waals surface area contributed by atoms with Crippen LogP contribution in [0.2, 0.25) is 0 Å². The lowest BCUT2D eigenvalue weighted by Gasteiger charge is -2.30. The van der Waals surface area contributed by atoms with Crippen molar-refractivity contribution in [3.05, 3.63) is 29.8 Å². The first-order chi connectivity index (χ1) is 12.2. The van der Waals surface area contributed by atoms with E-state index in [0.29, 0.717) is 31.3 Å². The maximum Gasteiger partial charge on any atom is 0.409 e. The van der Waals surface area contributed by atoms with E-state index in [4.69, 9.17) is 14.2 Å². The number of nitrogens with one attached hydrogen (secondary N) is 1. The highest BCUT2D eigenvalue weighted by Crippen LogP contribution is 2.32. The Balaban J connectivity index is 1.42. The van der Waals surface area contributed by atoms with Gasteiger partial charge in [0, 0.05) is 25.7 Å². The zero-order chi connectivity index (χ0) is 17.6. The average molecular weight is 346 g/mol. The second-order valence-electron chi connectivity index (χ2n) is 6.09. The van der Waals surface area contributed by atoms with E-state index in [2.05, 4.69) is 5.32 Å². The van der Waals surface area contributed by atoms with Crippen molar-refractivity contribution in [3.63, 3.8) is 0 Å². The molecule has 0 unspecified atom stereocenters. The number of hydrogen-bond acceptors (Lipinski definition) is 5. The maximum absolute atomic E-state index is 12.0. The fraction of sp³-hybridized carbons (Fsp3) is 0.444. The first kappa shape index (κ1) is 17.1. The van der Waals surface area contributed by atoms with E-state index in [1.807, 2.05) is 18.2 Å².